The maximum Gasteiger partial charge on any atom is 0.259 e. The molecule has 3 rings (SSSR count). The number of rotatable bonds is 3. The third kappa shape index (κ3) is 2.74. The first-order chi connectivity index (χ1) is 10.3. The van der Waals surface area contributed by atoms with E-state index in [0.717, 1.165) is 31.8 Å². The molecule has 1 aliphatic rings. The lowest BCUT2D eigenvalue weighted by atomic mass is 9.96. The minimum atomic E-state index is -0.0159. The van der Waals surface area contributed by atoms with Gasteiger partial charge < -0.3 is 14.6 Å². The molecule has 0 bridgehead atoms. The van der Waals surface area contributed by atoms with Gasteiger partial charge in [-0.25, -0.2) is 9.97 Å². The molecule has 2 aromatic rings. The average molecular weight is 286 g/mol. The van der Waals surface area contributed by atoms with Gasteiger partial charge in [-0.3, -0.25) is 4.79 Å². The Morgan fingerprint density at radius 1 is 1.33 bits per heavy atom. The fourth-order valence-corrected chi connectivity index (χ4v) is 2.74. The lowest BCUT2D eigenvalue weighted by Gasteiger charge is -2.31. The summed E-state index contributed by atoms with van der Waals surface area (Å²) in [6, 6.07) is 3.51. The number of carbonyl (C=O) groups is 1. The molecular weight excluding hydrogens is 268 g/mol. The Labute approximate surface area is 123 Å². The highest BCUT2D eigenvalue weighted by Gasteiger charge is 2.27. The topological polar surface area (TPSA) is 71.1 Å². The molecule has 2 aromatic heterocycles. The minimum Gasteiger partial charge on any atom is -0.480 e. The van der Waals surface area contributed by atoms with Gasteiger partial charge in [0.15, 0.2) is 0 Å². The number of amides is 1. The highest BCUT2D eigenvalue weighted by molar-refractivity contribution is 5.96. The predicted octanol–water partition coefficient (Wildman–Crippen LogP) is 1.83. The molecule has 1 fully saturated rings. The third-order valence-electron chi connectivity index (χ3n) is 3.88. The molecule has 3 heterocycles. The van der Waals surface area contributed by atoms with Crippen molar-refractivity contribution in [1.82, 2.24) is 19.9 Å². The van der Waals surface area contributed by atoms with E-state index in [1.54, 1.807) is 24.5 Å². The van der Waals surface area contributed by atoms with Crippen molar-refractivity contribution in [2.45, 2.75) is 18.8 Å². The summed E-state index contributed by atoms with van der Waals surface area (Å²) < 4.78 is 5.16. The van der Waals surface area contributed by atoms with Gasteiger partial charge in [0.1, 0.15) is 11.4 Å². The summed E-state index contributed by atoms with van der Waals surface area (Å²) in [5.41, 5.74) is 0.524. The van der Waals surface area contributed by atoms with E-state index < -0.39 is 0 Å². The second kappa shape index (κ2) is 5.95. The van der Waals surface area contributed by atoms with E-state index in [9.17, 15) is 4.79 Å². The van der Waals surface area contributed by atoms with Gasteiger partial charge in [-0.1, -0.05) is 0 Å². The van der Waals surface area contributed by atoms with Crippen LogP contribution < -0.4 is 4.74 Å². The van der Waals surface area contributed by atoms with Crippen LogP contribution in [0.15, 0.2) is 30.7 Å². The maximum atomic E-state index is 12.6. The molecule has 0 atom stereocenters. The summed E-state index contributed by atoms with van der Waals surface area (Å²) in [5, 5.41) is 0. The van der Waals surface area contributed by atoms with Crippen molar-refractivity contribution >= 4 is 5.91 Å². The minimum absolute atomic E-state index is 0.0159. The molecule has 6 nitrogen and oxygen atoms in total. The third-order valence-corrected chi connectivity index (χ3v) is 3.88. The first-order valence-corrected chi connectivity index (χ1v) is 7.07. The molecule has 6 heteroatoms. The van der Waals surface area contributed by atoms with E-state index in [-0.39, 0.29) is 5.91 Å². The number of aromatic amines is 1. The zero-order chi connectivity index (χ0) is 14.7. The molecule has 110 valence electrons. The van der Waals surface area contributed by atoms with E-state index in [4.69, 9.17) is 4.74 Å². The van der Waals surface area contributed by atoms with Gasteiger partial charge in [0.2, 0.25) is 5.88 Å². The van der Waals surface area contributed by atoms with Crippen molar-refractivity contribution < 1.29 is 9.53 Å². The van der Waals surface area contributed by atoms with Crippen LogP contribution in [-0.2, 0) is 0 Å². The summed E-state index contributed by atoms with van der Waals surface area (Å²) in [6.07, 6.45) is 7.07. The predicted molar refractivity (Wildman–Crippen MR) is 77.3 cm³/mol. The molecule has 1 saturated heterocycles. The molecule has 0 aromatic carbocycles. The lowest BCUT2D eigenvalue weighted by Crippen LogP contribution is -2.38. The number of hydrogen-bond donors (Lipinski definition) is 1. The number of imidazole rings is 1. The van der Waals surface area contributed by atoms with Crippen LogP contribution in [0.4, 0.5) is 0 Å². The van der Waals surface area contributed by atoms with Gasteiger partial charge in [0, 0.05) is 37.6 Å². The van der Waals surface area contributed by atoms with Crippen LogP contribution in [0.2, 0.25) is 0 Å². The summed E-state index contributed by atoms with van der Waals surface area (Å²) in [4.78, 5) is 26.0. The normalized spacial score (nSPS) is 16.0. The number of likely N-dealkylation sites (tertiary alicyclic amines) is 1. The van der Waals surface area contributed by atoms with Crippen LogP contribution in [0.25, 0.3) is 0 Å². The van der Waals surface area contributed by atoms with Crippen molar-refractivity contribution in [2.75, 3.05) is 20.2 Å². The van der Waals surface area contributed by atoms with E-state index in [1.165, 1.54) is 7.11 Å². The molecule has 0 saturated carbocycles. The Kier molecular flexibility index (Phi) is 3.85. The van der Waals surface area contributed by atoms with Crippen LogP contribution in [0.5, 0.6) is 5.88 Å². The second-order valence-corrected chi connectivity index (χ2v) is 5.10. The molecular formula is C15H18N4O2. The van der Waals surface area contributed by atoms with Crippen LogP contribution in [0.1, 0.15) is 34.9 Å². The van der Waals surface area contributed by atoms with E-state index in [2.05, 4.69) is 15.0 Å². The summed E-state index contributed by atoms with van der Waals surface area (Å²) in [5.74, 6) is 1.79. The molecule has 0 radical (unpaired) electrons. The van der Waals surface area contributed by atoms with Crippen molar-refractivity contribution in [3.8, 4) is 5.88 Å². The van der Waals surface area contributed by atoms with Gasteiger partial charge in [0.05, 0.1) is 7.11 Å². The van der Waals surface area contributed by atoms with Crippen molar-refractivity contribution in [3.05, 3.63) is 42.1 Å². The number of methoxy groups -OCH3 is 1. The molecule has 1 N–H and O–H groups in total. The Morgan fingerprint density at radius 2 is 2.14 bits per heavy atom. The van der Waals surface area contributed by atoms with Gasteiger partial charge in [-0.15, -0.1) is 0 Å². The quantitative estimate of drug-likeness (QED) is 0.934. The molecule has 21 heavy (non-hydrogen) atoms. The summed E-state index contributed by atoms with van der Waals surface area (Å²) in [6.45, 7) is 1.45. The Bertz CT molecular complexity index is 604. The highest BCUT2D eigenvalue weighted by atomic mass is 16.5. The van der Waals surface area contributed by atoms with Crippen molar-refractivity contribution in [2.24, 2.45) is 0 Å². The molecule has 1 aliphatic heterocycles. The largest absolute Gasteiger partial charge is 0.480 e. The zero-order valence-corrected chi connectivity index (χ0v) is 12.0. The summed E-state index contributed by atoms with van der Waals surface area (Å²) >= 11 is 0. The van der Waals surface area contributed by atoms with Crippen LogP contribution >= 0.6 is 0 Å². The maximum absolute atomic E-state index is 12.6. The van der Waals surface area contributed by atoms with Crippen LogP contribution in [-0.4, -0.2) is 46.0 Å². The Hall–Kier alpha value is -2.37. The molecule has 0 unspecified atom stereocenters. The standard InChI is InChI=1S/C15H18N4O2/c1-21-14-12(3-2-6-18-14)15(20)19-9-4-11(5-10-19)13-16-7-8-17-13/h2-3,6-8,11H,4-5,9-10H2,1H3,(H,16,17). The summed E-state index contributed by atoms with van der Waals surface area (Å²) in [7, 11) is 1.53. The SMILES string of the molecule is COc1ncccc1C(=O)N1CCC(c2ncc[nH]2)CC1. The smallest absolute Gasteiger partial charge is 0.259 e. The zero-order valence-electron chi connectivity index (χ0n) is 12.0. The van der Waals surface area contributed by atoms with Crippen molar-refractivity contribution in [1.29, 1.82) is 0 Å². The monoisotopic (exact) mass is 286 g/mol. The highest BCUT2D eigenvalue weighted by Crippen LogP contribution is 2.27. The fraction of sp³-hybridized carbons (Fsp3) is 0.400. The van der Waals surface area contributed by atoms with Crippen molar-refractivity contribution in [3.63, 3.8) is 0 Å². The number of nitrogens with one attached hydrogen (secondary N) is 1. The van der Waals surface area contributed by atoms with Crippen LogP contribution in [0, 0.1) is 0 Å². The number of hydrogen-bond acceptors (Lipinski definition) is 4. The molecule has 0 aliphatic carbocycles. The fourth-order valence-electron chi connectivity index (χ4n) is 2.74. The number of ether oxygens (including phenoxy) is 1. The molecule has 0 spiro atoms. The van der Waals surface area contributed by atoms with Gasteiger partial charge >= 0.3 is 0 Å². The van der Waals surface area contributed by atoms with Gasteiger partial charge in [-0.2, -0.15) is 0 Å². The van der Waals surface area contributed by atoms with E-state index in [1.807, 2.05) is 11.1 Å². The van der Waals surface area contributed by atoms with Gasteiger partial charge in [-0.05, 0) is 25.0 Å². The van der Waals surface area contributed by atoms with E-state index in [0.29, 0.717) is 17.4 Å². The van der Waals surface area contributed by atoms with E-state index >= 15 is 0 Å². The Morgan fingerprint density at radius 3 is 2.81 bits per heavy atom. The first kappa shape index (κ1) is 13.6. The number of piperidine rings is 1. The number of aromatic nitrogens is 3. The second-order valence-electron chi connectivity index (χ2n) is 5.10. The van der Waals surface area contributed by atoms with Crippen LogP contribution in [0.3, 0.4) is 0 Å². The number of H-pyrrole nitrogens is 1. The number of pyridine rings is 1. The average Bonchev–Trinajstić information content (AvgIpc) is 3.09. The number of carbonyl (C=O) groups excluding carboxylic acids is 1. The molecule has 1 amide bonds. The lowest BCUT2D eigenvalue weighted by molar-refractivity contribution is 0.0707. The van der Waals surface area contributed by atoms with Gasteiger partial charge in [0.25, 0.3) is 5.91 Å². The number of nitrogens with zero attached hydrogens (tertiary/aromatic N) is 3. The Balaban J connectivity index is 1.68. The first-order valence-electron chi connectivity index (χ1n) is 7.07.